The quantitative estimate of drug-likeness (QED) is 0.678. The molecule has 7 nitrogen and oxygen atoms in total. The molecule has 2 N–H and O–H groups in total. The van der Waals surface area contributed by atoms with Gasteiger partial charge in [-0.25, -0.2) is 0 Å². The van der Waals surface area contributed by atoms with Crippen LogP contribution in [-0.2, 0) is 0 Å². The molecule has 0 atom stereocenters. The molecular formula is C6H5N5O2. The maximum atomic E-state index is 11.3. The van der Waals surface area contributed by atoms with Gasteiger partial charge in [-0.1, -0.05) is 5.16 Å². The zero-order valence-electron chi connectivity index (χ0n) is 6.39. The molecule has 0 bridgehead atoms. The standard InChI is InChI=1S/C6H5N5O2/c12-6(5-2-7-11-10-5)9-4-1-8-13-3-4/h1-3H,(H,9,12)(H,7,10,11). The van der Waals surface area contributed by atoms with Gasteiger partial charge >= 0.3 is 0 Å². The second kappa shape index (κ2) is 3.05. The minimum absolute atomic E-state index is 0.209. The first-order valence-electron chi connectivity index (χ1n) is 3.43. The number of aromatic amines is 1. The summed E-state index contributed by atoms with van der Waals surface area (Å²) in [5.74, 6) is -0.364. The molecule has 0 aliphatic rings. The van der Waals surface area contributed by atoms with Crippen LogP contribution in [0.3, 0.4) is 0 Å². The Labute approximate surface area is 72.1 Å². The lowest BCUT2D eigenvalue weighted by Crippen LogP contribution is -2.11. The van der Waals surface area contributed by atoms with Crippen molar-refractivity contribution >= 4 is 11.6 Å². The summed E-state index contributed by atoms with van der Waals surface area (Å²) in [6.45, 7) is 0. The van der Waals surface area contributed by atoms with E-state index in [4.69, 9.17) is 0 Å². The van der Waals surface area contributed by atoms with Crippen LogP contribution in [0, 0.1) is 0 Å². The van der Waals surface area contributed by atoms with Gasteiger partial charge in [0.2, 0.25) is 0 Å². The number of hydrogen-bond donors (Lipinski definition) is 2. The fourth-order valence-electron chi connectivity index (χ4n) is 0.773. The average Bonchev–Trinajstić information content (AvgIpc) is 2.74. The third kappa shape index (κ3) is 1.53. The van der Waals surface area contributed by atoms with E-state index in [1.807, 2.05) is 0 Å². The number of nitrogens with one attached hydrogen (secondary N) is 2. The molecular weight excluding hydrogens is 174 g/mol. The Morgan fingerprint density at radius 3 is 3.08 bits per heavy atom. The van der Waals surface area contributed by atoms with Gasteiger partial charge < -0.3 is 9.84 Å². The second-order valence-electron chi connectivity index (χ2n) is 2.22. The van der Waals surface area contributed by atoms with Crippen molar-refractivity contribution in [2.45, 2.75) is 0 Å². The Bertz CT molecular complexity index is 379. The number of hydrogen-bond acceptors (Lipinski definition) is 5. The highest BCUT2D eigenvalue weighted by Gasteiger charge is 2.09. The minimum Gasteiger partial charge on any atom is -0.363 e. The molecule has 13 heavy (non-hydrogen) atoms. The van der Waals surface area contributed by atoms with Crippen molar-refractivity contribution in [3.8, 4) is 0 Å². The summed E-state index contributed by atoms with van der Waals surface area (Å²) in [7, 11) is 0. The molecule has 2 rings (SSSR count). The summed E-state index contributed by atoms with van der Waals surface area (Å²) in [4.78, 5) is 11.3. The van der Waals surface area contributed by atoms with E-state index >= 15 is 0 Å². The van der Waals surface area contributed by atoms with Gasteiger partial charge in [0.1, 0.15) is 12.0 Å². The van der Waals surface area contributed by atoms with Crippen LogP contribution >= 0.6 is 0 Å². The first-order chi connectivity index (χ1) is 6.36. The predicted molar refractivity (Wildman–Crippen MR) is 40.8 cm³/mol. The van der Waals surface area contributed by atoms with Crippen molar-refractivity contribution in [2.24, 2.45) is 0 Å². The van der Waals surface area contributed by atoms with Crippen LogP contribution in [0.5, 0.6) is 0 Å². The van der Waals surface area contributed by atoms with Crippen LogP contribution in [0.1, 0.15) is 10.5 Å². The van der Waals surface area contributed by atoms with Gasteiger partial charge in [-0.3, -0.25) is 4.79 Å². The molecule has 2 heterocycles. The number of rotatable bonds is 2. The van der Waals surface area contributed by atoms with Crippen molar-refractivity contribution < 1.29 is 9.32 Å². The normalized spacial score (nSPS) is 9.85. The van der Waals surface area contributed by atoms with Crippen molar-refractivity contribution in [2.75, 3.05) is 5.32 Å². The molecule has 0 aromatic carbocycles. The number of nitrogens with zero attached hydrogens (tertiary/aromatic N) is 3. The molecule has 0 saturated heterocycles. The van der Waals surface area contributed by atoms with E-state index in [1.165, 1.54) is 18.7 Å². The number of carbonyl (C=O) groups is 1. The predicted octanol–water partition coefficient (Wildman–Crippen LogP) is 0.0450. The lowest BCUT2D eigenvalue weighted by Gasteiger charge is -1.94. The summed E-state index contributed by atoms with van der Waals surface area (Å²) in [6.07, 6.45) is 4.03. The molecule has 2 aromatic rings. The maximum absolute atomic E-state index is 11.3. The van der Waals surface area contributed by atoms with Crippen LogP contribution in [-0.4, -0.2) is 26.5 Å². The fraction of sp³-hybridized carbons (Fsp3) is 0. The first-order valence-corrected chi connectivity index (χ1v) is 3.43. The molecule has 0 saturated carbocycles. The van der Waals surface area contributed by atoms with Crippen LogP contribution in [0.25, 0.3) is 0 Å². The van der Waals surface area contributed by atoms with Gasteiger partial charge in [0.15, 0.2) is 5.69 Å². The van der Waals surface area contributed by atoms with Crippen molar-refractivity contribution in [1.82, 2.24) is 20.6 Å². The molecule has 0 aliphatic heterocycles. The van der Waals surface area contributed by atoms with E-state index in [1.54, 1.807) is 0 Å². The van der Waals surface area contributed by atoms with E-state index < -0.39 is 0 Å². The smallest absolute Gasteiger partial charge is 0.277 e. The molecule has 7 heteroatoms. The van der Waals surface area contributed by atoms with Crippen molar-refractivity contribution in [3.05, 3.63) is 24.4 Å². The highest BCUT2D eigenvalue weighted by atomic mass is 16.5. The lowest BCUT2D eigenvalue weighted by molar-refractivity contribution is 0.102. The monoisotopic (exact) mass is 179 g/mol. The zero-order valence-corrected chi connectivity index (χ0v) is 6.39. The largest absolute Gasteiger partial charge is 0.363 e. The summed E-state index contributed by atoms with van der Waals surface area (Å²) in [5.41, 5.74) is 0.689. The molecule has 0 aliphatic carbocycles. The summed E-state index contributed by atoms with van der Waals surface area (Å²) >= 11 is 0. The van der Waals surface area contributed by atoms with E-state index in [0.717, 1.165) is 0 Å². The van der Waals surface area contributed by atoms with Gasteiger partial charge in [-0.05, 0) is 0 Å². The fourth-order valence-corrected chi connectivity index (χ4v) is 0.773. The Balaban J connectivity index is 2.08. The number of aromatic nitrogens is 4. The van der Waals surface area contributed by atoms with Gasteiger partial charge in [-0.15, -0.1) is 0 Å². The molecule has 0 fully saturated rings. The van der Waals surface area contributed by atoms with Gasteiger partial charge in [0.05, 0.1) is 12.4 Å². The third-order valence-electron chi connectivity index (χ3n) is 1.34. The molecule has 0 spiro atoms. The second-order valence-corrected chi connectivity index (χ2v) is 2.22. The molecule has 1 amide bonds. The zero-order chi connectivity index (χ0) is 9.10. The Hall–Kier alpha value is -2.18. The van der Waals surface area contributed by atoms with Crippen LogP contribution in [0.2, 0.25) is 0 Å². The van der Waals surface area contributed by atoms with E-state index in [9.17, 15) is 4.79 Å². The number of H-pyrrole nitrogens is 1. The van der Waals surface area contributed by atoms with Crippen molar-refractivity contribution in [1.29, 1.82) is 0 Å². The molecule has 66 valence electrons. The highest BCUT2D eigenvalue weighted by molar-refractivity contribution is 6.02. The van der Waals surface area contributed by atoms with Gasteiger partial charge in [0, 0.05) is 0 Å². The Morgan fingerprint density at radius 1 is 1.54 bits per heavy atom. The average molecular weight is 179 g/mol. The highest BCUT2D eigenvalue weighted by Crippen LogP contribution is 2.04. The molecule has 2 aromatic heterocycles. The lowest BCUT2D eigenvalue weighted by atomic mass is 10.4. The van der Waals surface area contributed by atoms with Crippen LogP contribution in [0.4, 0.5) is 5.69 Å². The number of amides is 1. The number of anilines is 1. The van der Waals surface area contributed by atoms with Gasteiger partial charge in [0.25, 0.3) is 5.91 Å². The summed E-state index contributed by atoms with van der Waals surface area (Å²) in [6, 6.07) is 0. The van der Waals surface area contributed by atoms with Crippen molar-refractivity contribution in [3.63, 3.8) is 0 Å². The number of carbonyl (C=O) groups excluding carboxylic acids is 1. The SMILES string of the molecule is O=C(Nc1cnoc1)c1cn[nH]n1. The Kier molecular flexibility index (Phi) is 1.75. The van der Waals surface area contributed by atoms with E-state index in [0.29, 0.717) is 5.69 Å². The first kappa shape index (κ1) is 7.47. The minimum atomic E-state index is -0.364. The van der Waals surface area contributed by atoms with Crippen LogP contribution < -0.4 is 5.32 Å². The maximum Gasteiger partial charge on any atom is 0.277 e. The van der Waals surface area contributed by atoms with Crippen LogP contribution in [0.15, 0.2) is 23.2 Å². The molecule has 0 unspecified atom stereocenters. The van der Waals surface area contributed by atoms with E-state index in [-0.39, 0.29) is 11.6 Å². The topological polar surface area (TPSA) is 96.7 Å². The van der Waals surface area contributed by atoms with E-state index in [2.05, 4.69) is 30.4 Å². The summed E-state index contributed by atoms with van der Waals surface area (Å²) in [5, 5.41) is 15.4. The van der Waals surface area contributed by atoms with Gasteiger partial charge in [-0.2, -0.15) is 15.4 Å². The molecule has 0 radical (unpaired) electrons. The Morgan fingerprint density at radius 2 is 2.46 bits per heavy atom. The third-order valence-corrected chi connectivity index (χ3v) is 1.34. The summed E-state index contributed by atoms with van der Waals surface area (Å²) < 4.78 is 4.52.